The summed E-state index contributed by atoms with van der Waals surface area (Å²) in [5, 5.41) is 14.8. The molecule has 0 spiro atoms. The summed E-state index contributed by atoms with van der Waals surface area (Å²) in [4.78, 5) is 28.2. The molecule has 7 heteroatoms. The maximum atomic E-state index is 13.4. The molecule has 1 aliphatic rings. The molecule has 2 heterocycles. The first-order valence-corrected chi connectivity index (χ1v) is 12.9. The molecule has 1 fully saturated rings. The number of anilines is 3. The van der Waals surface area contributed by atoms with Gasteiger partial charge in [-0.05, 0) is 85.1 Å². The molecule has 7 nitrogen and oxygen atoms in total. The van der Waals surface area contributed by atoms with Gasteiger partial charge in [0.15, 0.2) is 0 Å². The van der Waals surface area contributed by atoms with Crippen LogP contribution in [0.3, 0.4) is 0 Å². The first-order chi connectivity index (χ1) is 18.9. The van der Waals surface area contributed by atoms with E-state index in [2.05, 4.69) is 5.32 Å². The third kappa shape index (κ3) is 5.03. The van der Waals surface area contributed by atoms with Crippen LogP contribution in [0.5, 0.6) is 5.75 Å². The maximum Gasteiger partial charge on any atom is 0.300 e. The fourth-order valence-electron chi connectivity index (χ4n) is 4.80. The highest BCUT2D eigenvalue weighted by Gasteiger charge is 2.48. The molecule has 39 heavy (non-hydrogen) atoms. The third-order valence-corrected chi connectivity index (χ3v) is 6.67. The number of benzene rings is 3. The lowest BCUT2D eigenvalue weighted by Crippen LogP contribution is -2.29. The Balaban J connectivity index is 1.56. The number of carbonyl (C=O) groups is 2. The van der Waals surface area contributed by atoms with Crippen LogP contribution in [0.1, 0.15) is 49.6 Å². The fraction of sp³-hybridized carbons (Fsp3) is 0.188. The Kier molecular flexibility index (Phi) is 7.23. The van der Waals surface area contributed by atoms with E-state index >= 15 is 0 Å². The molecule has 1 aromatic heterocycles. The molecule has 0 saturated carbocycles. The molecule has 4 aromatic rings. The van der Waals surface area contributed by atoms with Gasteiger partial charge >= 0.3 is 0 Å². The minimum Gasteiger partial charge on any atom is -0.507 e. The lowest BCUT2D eigenvalue weighted by atomic mass is 9.95. The summed E-state index contributed by atoms with van der Waals surface area (Å²) in [5.74, 6) is -0.569. The van der Waals surface area contributed by atoms with Crippen molar-refractivity contribution in [1.82, 2.24) is 0 Å². The van der Waals surface area contributed by atoms with E-state index in [-0.39, 0.29) is 17.3 Å². The highest BCUT2D eigenvalue weighted by Crippen LogP contribution is 2.43. The molecule has 5 rings (SSSR count). The lowest BCUT2D eigenvalue weighted by molar-refractivity contribution is -0.132. The van der Waals surface area contributed by atoms with Gasteiger partial charge in [0.2, 0.25) is 0 Å². The number of rotatable bonds is 8. The molecule has 2 N–H and O–H groups in total. The average Bonchev–Trinajstić information content (AvgIpc) is 3.56. The van der Waals surface area contributed by atoms with Crippen molar-refractivity contribution >= 4 is 34.5 Å². The summed E-state index contributed by atoms with van der Waals surface area (Å²) < 4.78 is 11.4. The average molecular weight is 523 g/mol. The second-order valence-corrected chi connectivity index (χ2v) is 9.56. The smallest absolute Gasteiger partial charge is 0.300 e. The highest BCUT2D eigenvalue weighted by molar-refractivity contribution is 6.51. The lowest BCUT2D eigenvalue weighted by Gasteiger charge is -2.24. The number of amides is 1. The summed E-state index contributed by atoms with van der Waals surface area (Å²) in [6, 6.07) is 24.7. The predicted octanol–water partition coefficient (Wildman–Crippen LogP) is 7.17. The SMILES string of the molecule is CCOc1ccc(/C(O)=C2/C(=O)C(=O)N(c3ccc(Nc4ccccc4)cc3)C2c2ccco2)cc1C(C)C. The van der Waals surface area contributed by atoms with Gasteiger partial charge in [-0.25, -0.2) is 0 Å². The van der Waals surface area contributed by atoms with Crippen LogP contribution in [-0.4, -0.2) is 23.4 Å². The number of hydrogen-bond donors (Lipinski definition) is 2. The minimum atomic E-state index is -0.929. The Hall–Kier alpha value is -4.78. The normalized spacial score (nSPS) is 16.6. The Morgan fingerprint density at radius 1 is 0.974 bits per heavy atom. The monoisotopic (exact) mass is 522 g/mol. The van der Waals surface area contributed by atoms with E-state index in [0.717, 1.165) is 22.7 Å². The van der Waals surface area contributed by atoms with Crippen LogP contribution in [0.2, 0.25) is 0 Å². The number of nitrogens with zero attached hydrogens (tertiary/aromatic N) is 1. The van der Waals surface area contributed by atoms with Gasteiger partial charge in [-0.3, -0.25) is 14.5 Å². The van der Waals surface area contributed by atoms with Crippen LogP contribution < -0.4 is 15.0 Å². The second kappa shape index (κ2) is 10.9. The Morgan fingerprint density at radius 2 is 1.69 bits per heavy atom. The van der Waals surface area contributed by atoms with Crippen molar-refractivity contribution in [3.05, 3.63) is 114 Å². The van der Waals surface area contributed by atoms with Crippen molar-refractivity contribution in [2.45, 2.75) is 32.7 Å². The molecule has 0 aliphatic carbocycles. The number of Topliss-reactive ketones (excluding diaryl/α,β-unsaturated/α-hetero) is 1. The van der Waals surface area contributed by atoms with Crippen LogP contribution in [0.15, 0.2) is 101 Å². The molecule has 1 atom stereocenters. The van der Waals surface area contributed by atoms with Crippen LogP contribution in [0, 0.1) is 0 Å². The minimum absolute atomic E-state index is 0.0275. The number of nitrogens with one attached hydrogen (secondary N) is 1. The van der Waals surface area contributed by atoms with Gasteiger partial charge < -0.3 is 19.6 Å². The van der Waals surface area contributed by atoms with E-state index in [1.807, 2.05) is 69.3 Å². The Labute approximate surface area is 227 Å². The molecule has 1 amide bonds. The largest absolute Gasteiger partial charge is 0.507 e. The molecule has 1 unspecified atom stereocenters. The van der Waals surface area contributed by atoms with Crippen molar-refractivity contribution in [2.24, 2.45) is 0 Å². The zero-order valence-electron chi connectivity index (χ0n) is 22.0. The van der Waals surface area contributed by atoms with E-state index in [4.69, 9.17) is 9.15 Å². The van der Waals surface area contributed by atoms with Gasteiger partial charge in [0, 0.05) is 22.6 Å². The van der Waals surface area contributed by atoms with Crippen molar-refractivity contribution in [3.8, 4) is 5.75 Å². The molecule has 198 valence electrons. The Morgan fingerprint density at radius 3 is 2.33 bits per heavy atom. The third-order valence-electron chi connectivity index (χ3n) is 6.67. The number of para-hydroxylation sites is 1. The molecule has 1 aliphatic heterocycles. The predicted molar refractivity (Wildman–Crippen MR) is 151 cm³/mol. The summed E-state index contributed by atoms with van der Waals surface area (Å²) in [6.07, 6.45) is 1.48. The van der Waals surface area contributed by atoms with Gasteiger partial charge in [-0.2, -0.15) is 0 Å². The zero-order chi connectivity index (χ0) is 27.5. The van der Waals surface area contributed by atoms with Gasteiger partial charge in [-0.1, -0.05) is 32.0 Å². The number of aliphatic hydroxyl groups excluding tert-OH is 1. The summed E-state index contributed by atoms with van der Waals surface area (Å²) in [6.45, 7) is 6.47. The molecular formula is C32H30N2O5. The van der Waals surface area contributed by atoms with Crippen molar-refractivity contribution in [3.63, 3.8) is 0 Å². The van der Waals surface area contributed by atoms with E-state index in [9.17, 15) is 14.7 Å². The van der Waals surface area contributed by atoms with Gasteiger partial charge in [-0.15, -0.1) is 0 Å². The molecule has 0 bridgehead atoms. The second-order valence-electron chi connectivity index (χ2n) is 9.56. The summed E-state index contributed by atoms with van der Waals surface area (Å²) >= 11 is 0. The molecule has 1 saturated heterocycles. The first-order valence-electron chi connectivity index (χ1n) is 12.9. The number of carbonyl (C=O) groups excluding carboxylic acids is 2. The standard InChI is InChI=1S/C32H30N2O5/c1-4-38-26-17-12-21(19-25(26)20(2)3)30(35)28-29(27-11-8-18-39-27)34(32(37)31(28)36)24-15-13-23(14-16-24)33-22-9-6-5-7-10-22/h5-20,29,33,35H,4H2,1-3H3/b30-28-. The number of ether oxygens (including phenoxy) is 1. The van der Waals surface area contributed by atoms with Gasteiger partial charge in [0.1, 0.15) is 23.3 Å². The highest BCUT2D eigenvalue weighted by atomic mass is 16.5. The van der Waals surface area contributed by atoms with Gasteiger partial charge in [0.05, 0.1) is 18.4 Å². The maximum absolute atomic E-state index is 13.4. The zero-order valence-corrected chi connectivity index (χ0v) is 22.0. The quantitative estimate of drug-likeness (QED) is 0.145. The fourth-order valence-corrected chi connectivity index (χ4v) is 4.80. The van der Waals surface area contributed by atoms with Crippen LogP contribution in [0.25, 0.3) is 5.76 Å². The summed E-state index contributed by atoms with van der Waals surface area (Å²) in [7, 11) is 0. The first kappa shape index (κ1) is 25.9. The number of aliphatic hydroxyl groups is 1. The summed E-state index contributed by atoms with van der Waals surface area (Å²) in [5.41, 5.74) is 3.56. The van der Waals surface area contributed by atoms with Gasteiger partial charge in [0.25, 0.3) is 11.7 Å². The van der Waals surface area contributed by atoms with E-state index in [1.165, 1.54) is 11.2 Å². The van der Waals surface area contributed by atoms with Crippen LogP contribution >= 0.6 is 0 Å². The van der Waals surface area contributed by atoms with Crippen LogP contribution in [-0.2, 0) is 9.59 Å². The van der Waals surface area contributed by atoms with E-state index in [1.54, 1.807) is 36.4 Å². The topological polar surface area (TPSA) is 92.0 Å². The molecular weight excluding hydrogens is 492 g/mol. The van der Waals surface area contributed by atoms with E-state index < -0.39 is 17.7 Å². The van der Waals surface area contributed by atoms with E-state index in [0.29, 0.717) is 23.6 Å². The molecule has 0 radical (unpaired) electrons. The number of hydrogen-bond acceptors (Lipinski definition) is 6. The van der Waals surface area contributed by atoms with Crippen molar-refractivity contribution in [2.75, 3.05) is 16.8 Å². The van der Waals surface area contributed by atoms with Crippen LogP contribution in [0.4, 0.5) is 17.1 Å². The van der Waals surface area contributed by atoms with Crippen molar-refractivity contribution in [1.29, 1.82) is 0 Å². The van der Waals surface area contributed by atoms with Crippen molar-refractivity contribution < 1.29 is 23.8 Å². The molecule has 3 aromatic carbocycles. The number of ketones is 1. The number of furan rings is 1. The Bertz CT molecular complexity index is 1510.